The molecule has 1 fully saturated rings. The van der Waals surface area contributed by atoms with E-state index in [9.17, 15) is 13.7 Å². The van der Waals surface area contributed by atoms with Gasteiger partial charge in [0.15, 0.2) is 0 Å². The zero-order valence-electron chi connectivity index (χ0n) is 16.1. The van der Waals surface area contributed by atoms with Gasteiger partial charge in [-0.3, -0.25) is 4.31 Å². The van der Waals surface area contributed by atoms with E-state index < -0.39 is 21.5 Å². The minimum atomic E-state index is -3.78. The van der Waals surface area contributed by atoms with Crippen LogP contribution in [0.25, 0.3) is 0 Å². The summed E-state index contributed by atoms with van der Waals surface area (Å²) in [6.07, 6.45) is 1.34. The average molecular weight is 473 g/mol. The lowest BCUT2D eigenvalue weighted by Gasteiger charge is -2.42. The highest BCUT2D eigenvalue weighted by atomic mass is 79.9. The Hall–Kier alpha value is -2.30. The van der Waals surface area contributed by atoms with Gasteiger partial charge in [-0.25, -0.2) is 8.42 Å². The quantitative estimate of drug-likeness (QED) is 0.589. The summed E-state index contributed by atoms with van der Waals surface area (Å²) in [5.74, 6) is 0.506. The van der Waals surface area contributed by atoms with Gasteiger partial charge in [-0.15, -0.1) is 0 Å². The maximum Gasteiger partial charge on any atom is 0.264 e. The first kappa shape index (κ1) is 20.0. The Morgan fingerprint density at radius 1 is 1.31 bits per heavy atom. The number of nitriles is 1. The third-order valence-corrected chi connectivity index (χ3v) is 7.73. The van der Waals surface area contributed by atoms with Gasteiger partial charge in [0.25, 0.3) is 10.0 Å². The van der Waals surface area contributed by atoms with Gasteiger partial charge in [-0.05, 0) is 55.7 Å². The summed E-state index contributed by atoms with van der Waals surface area (Å²) < 4.78 is 35.3. The predicted molar refractivity (Wildman–Crippen MR) is 115 cm³/mol. The second-order valence-electron chi connectivity index (χ2n) is 7.90. The topological polar surface area (TPSA) is 70.4 Å². The number of anilines is 1. The number of sulfonamides is 1. The van der Waals surface area contributed by atoms with E-state index in [1.807, 2.05) is 19.1 Å². The van der Waals surface area contributed by atoms with Crippen molar-refractivity contribution in [2.45, 2.75) is 37.2 Å². The number of aryl methyl sites for hydroxylation is 1. The fourth-order valence-electron chi connectivity index (χ4n) is 4.13. The molecule has 0 N–H and O–H groups in total. The van der Waals surface area contributed by atoms with Gasteiger partial charge in [0, 0.05) is 10.9 Å². The largest absolute Gasteiger partial charge is 0.486 e. The lowest BCUT2D eigenvalue weighted by atomic mass is 9.64. The molecule has 0 bridgehead atoms. The molecular formula is C22H21BrN2O3S. The van der Waals surface area contributed by atoms with Gasteiger partial charge >= 0.3 is 0 Å². The van der Waals surface area contributed by atoms with Crippen molar-refractivity contribution in [2.24, 2.45) is 5.41 Å². The first-order valence-corrected chi connectivity index (χ1v) is 11.6. The molecule has 0 saturated heterocycles. The number of benzene rings is 2. The number of allylic oxidation sites excluding steroid dienone is 1. The lowest BCUT2D eigenvalue weighted by molar-refractivity contribution is 0.124. The maximum absolute atomic E-state index is 13.5. The highest BCUT2D eigenvalue weighted by Crippen LogP contribution is 2.49. The maximum atomic E-state index is 13.5. The molecule has 0 unspecified atom stereocenters. The molecule has 1 aliphatic heterocycles. The number of hydrogen-bond acceptors (Lipinski definition) is 4. The Balaban J connectivity index is 1.73. The van der Waals surface area contributed by atoms with Crippen LogP contribution in [-0.4, -0.2) is 21.1 Å². The Kier molecular flexibility index (Phi) is 4.96. The van der Waals surface area contributed by atoms with E-state index in [4.69, 9.17) is 4.74 Å². The van der Waals surface area contributed by atoms with Crippen molar-refractivity contribution in [3.63, 3.8) is 0 Å². The second-order valence-corrected chi connectivity index (χ2v) is 10.7. The zero-order chi connectivity index (χ0) is 20.8. The van der Waals surface area contributed by atoms with E-state index in [1.54, 1.807) is 30.3 Å². The van der Waals surface area contributed by atoms with Crippen LogP contribution in [0.15, 0.2) is 64.0 Å². The molecule has 1 heterocycles. The van der Waals surface area contributed by atoms with E-state index in [0.29, 0.717) is 30.7 Å². The van der Waals surface area contributed by atoms with Crippen molar-refractivity contribution in [3.05, 3.63) is 64.7 Å². The molecule has 7 heteroatoms. The molecule has 4 rings (SSSR count). The Labute approximate surface area is 179 Å². The summed E-state index contributed by atoms with van der Waals surface area (Å²) in [5, 5.41) is 9.67. The van der Waals surface area contributed by atoms with Crippen LogP contribution in [0.1, 0.15) is 24.8 Å². The second kappa shape index (κ2) is 7.19. The third kappa shape index (κ3) is 3.67. The Bertz CT molecular complexity index is 1130. The molecular weight excluding hydrogens is 452 g/mol. The van der Waals surface area contributed by atoms with Gasteiger partial charge in [-0.1, -0.05) is 40.2 Å². The standard InChI is InChI=1S/C22H21BrN2O3S/c1-15-4-3-5-19(8-15)29(26,27)25-13-18(12-22(14-24)10-16(2)11-22)28-21-7-6-17(23)9-20(21)25/h3-9,18H,2,10-13H2,1H3/t18-/m0/s1. The van der Waals surface area contributed by atoms with Crippen LogP contribution in [0.4, 0.5) is 5.69 Å². The summed E-state index contributed by atoms with van der Waals surface area (Å²) in [4.78, 5) is 0.246. The van der Waals surface area contributed by atoms with Crippen molar-refractivity contribution in [1.82, 2.24) is 0 Å². The van der Waals surface area contributed by atoms with Gasteiger partial charge in [0.05, 0.1) is 28.6 Å². The van der Waals surface area contributed by atoms with E-state index in [-0.39, 0.29) is 11.4 Å². The average Bonchev–Trinajstić information content (AvgIpc) is 2.66. The van der Waals surface area contributed by atoms with Gasteiger partial charge in [-0.2, -0.15) is 5.26 Å². The van der Waals surface area contributed by atoms with E-state index in [2.05, 4.69) is 28.6 Å². The Morgan fingerprint density at radius 2 is 2.07 bits per heavy atom. The van der Waals surface area contributed by atoms with Crippen LogP contribution in [0.5, 0.6) is 5.75 Å². The monoisotopic (exact) mass is 472 g/mol. The van der Waals surface area contributed by atoms with Gasteiger partial charge in [0.1, 0.15) is 11.9 Å². The minimum absolute atomic E-state index is 0.162. The molecule has 2 aromatic carbocycles. The fraction of sp³-hybridized carbons (Fsp3) is 0.318. The van der Waals surface area contributed by atoms with E-state index >= 15 is 0 Å². The van der Waals surface area contributed by atoms with Gasteiger partial charge < -0.3 is 4.74 Å². The SMILES string of the molecule is C=C1CC(C#N)(C[C@H]2CN(S(=O)(=O)c3cccc(C)c3)c3cc(Br)ccc3O2)C1. The number of nitrogens with zero attached hydrogens (tertiary/aromatic N) is 2. The number of rotatable bonds is 4. The smallest absolute Gasteiger partial charge is 0.264 e. The molecule has 1 atom stereocenters. The molecule has 0 spiro atoms. The zero-order valence-corrected chi connectivity index (χ0v) is 18.5. The molecule has 1 saturated carbocycles. The van der Waals surface area contributed by atoms with E-state index in [0.717, 1.165) is 15.6 Å². The molecule has 0 radical (unpaired) electrons. The molecule has 2 aromatic rings. The van der Waals surface area contributed by atoms with Crippen molar-refractivity contribution in [3.8, 4) is 11.8 Å². The summed E-state index contributed by atoms with van der Waals surface area (Å²) in [6.45, 7) is 5.97. The van der Waals surface area contributed by atoms with Crippen molar-refractivity contribution >= 4 is 31.6 Å². The summed E-state index contributed by atoms with van der Waals surface area (Å²) in [6, 6.07) is 14.6. The number of halogens is 1. The summed E-state index contributed by atoms with van der Waals surface area (Å²) in [7, 11) is -3.78. The normalized spacial score (nSPS) is 20.2. The number of ether oxygens (including phenoxy) is 1. The molecule has 2 aliphatic rings. The van der Waals surface area contributed by atoms with Crippen molar-refractivity contribution < 1.29 is 13.2 Å². The number of hydrogen-bond donors (Lipinski definition) is 0. The molecule has 150 valence electrons. The number of fused-ring (bicyclic) bond motifs is 1. The molecule has 5 nitrogen and oxygen atoms in total. The fourth-order valence-corrected chi connectivity index (χ4v) is 6.09. The first-order valence-electron chi connectivity index (χ1n) is 9.36. The molecule has 29 heavy (non-hydrogen) atoms. The van der Waals surface area contributed by atoms with Crippen molar-refractivity contribution in [2.75, 3.05) is 10.8 Å². The Morgan fingerprint density at radius 3 is 2.72 bits per heavy atom. The molecule has 0 aromatic heterocycles. The summed E-state index contributed by atoms with van der Waals surface area (Å²) >= 11 is 3.42. The third-order valence-electron chi connectivity index (χ3n) is 5.46. The van der Waals surface area contributed by atoms with Crippen molar-refractivity contribution in [1.29, 1.82) is 5.26 Å². The van der Waals surface area contributed by atoms with Crippen LogP contribution in [-0.2, 0) is 10.0 Å². The molecule has 0 amide bonds. The molecule has 1 aliphatic carbocycles. The van der Waals surface area contributed by atoms with Crippen LogP contribution in [0.2, 0.25) is 0 Å². The first-order chi connectivity index (χ1) is 13.7. The van der Waals surface area contributed by atoms with E-state index in [1.165, 1.54) is 4.31 Å². The predicted octanol–water partition coefficient (Wildman–Crippen LogP) is 4.96. The van der Waals surface area contributed by atoms with Gasteiger partial charge in [0.2, 0.25) is 0 Å². The van der Waals surface area contributed by atoms with Crippen LogP contribution < -0.4 is 9.04 Å². The van der Waals surface area contributed by atoms with Crippen LogP contribution in [0.3, 0.4) is 0 Å². The minimum Gasteiger partial charge on any atom is -0.486 e. The lowest BCUT2D eigenvalue weighted by Crippen LogP contribution is -2.46. The highest BCUT2D eigenvalue weighted by molar-refractivity contribution is 9.10. The summed E-state index contributed by atoms with van der Waals surface area (Å²) in [5.41, 5.74) is 1.91. The highest BCUT2D eigenvalue weighted by Gasteiger charge is 2.45. The van der Waals surface area contributed by atoms with Crippen LogP contribution >= 0.6 is 15.9 Å². The van der Waals surface area contributed by atoms with Crippen LogP contribution in [0, 0.1) is 23.7 Å².